The predicted octanol–water partition coefficient (Wildman–Crippen LogP) is 1.23. The molecular weight excluding hydrogens is 383 g/mol. The summed E-state index contributed by atoms with van der Waals surface area (Å²) in [4.78, 5) is 13.1. The van der Waals surface area contributed by atoms with Crippen LogP contribution in [-0.4, -0.2) is 51.4 Å². The van der Waals surface area contributed by atoms with Crippen LogP contribution in [0.3, 0.4) is 0 Å². The zero-order valence-corrected chi connectivity index (χ0v) is 15.0. The smallest absolute Gasteiger partial charge is 0.336 e. The maximum absolute atomic E-state index is 12.7. The van der Waals surface area contributed by atoms with Gasteiger partial charge in [-0.15, -0.1) is 12.4 Å². The fourth-order valence-corrected chi connectivity index (χ4v) is 3.41. The third-order valence-electron chi connectivity index (χ3n) is 3.71. The summed E-state index contributed by atoms with van der Waals surface area (Å²) >= 11 is 0. The second kappa shape index (κ2) is 8.35. The normalized spacial score (nSPS) is 18.6. The average Bonchev–Trinajstić information content (AvgIpc) is 2.52. The molecule has 1 aromatic carbocycles. The number of sulfonamides is 1. The zero-order chi connectivity index (χ0) is 18.0. The largest absolute Gasteiger partial charge is 0.416 e. The van der Waals surface area contributed by atoms with Crippen LogP contribution in [0.15, 0.2) is 29.2 Å². The van der Waals surface area contributed by atoms with Gasteiger partial charge in [-0.25, -0.2) is 13.1 Å². The lowest BCUT2D eigenvalue weighted by atomic mass is 10.2. The Morgan fingerprint density at radius 3 is 2.68 bits per heavy atom. The fourth-order valence-electron chi connectivity index (χ4n) is 2.39. The van der Waals surface area contributed by atoms with E-state index in [9.17, 15) is 26.4 Å². The number of halogens is 4. The van der Waals surface area contributed by atoms with Crippen molar-refractivity contribution < 1.29 is 26.4 Å². The molecule has 2 N–H and O–H groups in total. The lowest BCUT2D eigenvalue weighted by molar-refractivity contribution is -0.137. The highest BCUT2D eigenvalue weighted by atomic mass is 35.5. The van der Waals surface area contributed by atoms with Gasteiger partial charge in [0.15, 0.2) is 0 Å². The number of nitrogens with zero attached hydrogens (tertiary/aromatic N) is 1. The number of carbonyl (C=O) groups is 1. The van der Waals surface area contributed by atoms with Crippen LogP contribution >= 0.6 is 12.4 Å². The van der Waals surface area contributed by atoms with Crippen LogP contribution in [0.1, 0.15) is 12.5 Å². The van der Waals surface area contributed by atoms with E-state index in [2.05, 4.69) is 10.0 Å². The molecule has 0 radical (unpaired) electrons. The second-order valence-corrected chi connectivity index (χ2v) is 7.26. The molecule has 0 spiro atoms. The maximum atomic E-state index is 12.7. The summed E-state index contributed by atoms with van der Waals surface area (Å²) in [5.41, 5.74) is -1.06. The van der Waals surface area contributed by atoms with Crippen LogP contribution in [0.4, 0.5) is 13.2 Å². The third-order valence-corrected chi connectivity index (χ3v) is 5.11. The van der Waals surface area contributed by atoms with Gasteiger partial charge in [0.25, 0.3) is 0 Å². The van der Waals surface area contributed by atoms with E-state index in [1.165, 1.54) is 4.90 Å². The molecule has 2 rings (SSSR count). The summed E-state index contributed by atoms with van der Waals surface area (Å²) in [5.74, 6) is -0.417. The molecule has 25 heavy (non-hydrogen) atoms. The first-order chi connectivity index (χ1) is 11.1. The Balaban J connectivity index is 0.00000312. The molecule has 0 aromatic heterocycles. The number of hydrogen-bond acceptors (Lipinski definition) is 4. The minimum Gasteiger partial charge on any atom is -0.336 e. The first-order valence-corrected chi connectivity index (χ1v) is 8.77. The van der Waals surface area contributed by atoms with Crippen molar-refractivity contribution in [2.75, 3.05) is 26.2 Å². The van der Waals surface area contributed by atoms with E-state index in [1.54, 1.807) is 0 Å². The van der Waals surface area contributed by atoms with Gasteiger partial charge in [0.2, 0.25) is 15.9 Å². The summed E-state index contributed by atoms with van der Waals surface area (Å²) < 4.78 is 64.3. The SMILES string of the molecule is C[C@H]1CNCCN1C(=O)CNS(=O)(=O)c1cccc(C(F)(F)F)c1.Cl. The number of rotatable bonds is 4. The van der Waals surface area contributed by atoms with E-state index in [-0.39, 0.29) is 18.4 Å². The lowest BCUT2D eigenvalue weighted by Gasteiger charge is -2.34. The number of piperazine rings is 1. The highest BCUT2D eigenvalue weighted by molar-refractivity contribution is 7.89. The van der Waals surface area contributed by atoms with Crippen molar-refractivity contribution >= 4 is 28.3 Å². The van der Waals surface area contributed by atoms with Crippen LogP contribution in [0, 0.1) is 0 Å². The molecule has 1 amide bonds. The molecule has 1 aromatic rings. The van der Waals surface area contributed by atoms with Crippen molar-refractivity contribution in [2.45, 2.75) is 24.0 Å². The zero-order valence-electron chi connectivity index (χ0n) is 13.3. The van der Waals surface area contributed by atoms with Gasteiger partial charge < -0.3 is 10.2 Å². The molecule has 1 heterocycles. The Kier molecular flexibility index (Phi) is 7.24. The topological polar surface area (TPSA) is 78.5 Å². The van der Waals surface area contributed by atoms with Gasteiger partial charge in [-0.3, -0.25) is 4.79 Å². The summed E-state index contributed by atoms with van der Waals surface area (Å²) in [7, 11) is -4.21. The standard InChI is InChI=1S/C14H18F3N3O3S.ClH/c1-10-8-18-5-6-20(10)13(21)9-19-24(22,23)12-4-2-3-11(7-12)14(15,16)17;/h2-4,7,10,18-19H,5-6,8-9H2,1H3;1H/t10-;/m0./s1. The van der Waals surface area contributed by atoms with Crippen LogP contribution in [-0.2, 0) is 21.0 Å². The fraction of sp³-hybridized carbons (Fsp3) is 0.500. The molecule has 1 saturated heterocycles. The van der Waals surface area contributed by atoms with Gasteiger partial charge >= 0.3 is 6.18 Å². The van der Waals surface area contributed by atoms with Crippen molar-refractivity contribution in [1.82, 2.24) is 14.9 Å². The van der Waals surface area contributed by atoms with E-state index < -0.39 is 39.1 Å². The van der Waals surface area contributed by atoms with E-state index in [0.29, 0.717) is 25.7 Å². The molecule has 6 nitrogen and oxygen atoms in total. The van der Waals surface area contributed by atoms with Crippen molar-refractivity contribution in [3.63, 3.8) is 0 Å². The number of hydrogen-bond donors (Lipinski definition) is 2. The summed E-state index contributed by atoms with van der Waals surface area (Å²) in [6, 6.07) is 3.31. The van der Waals surface area contributed by atoms with Crippen LogP contribution in [0.2, 0.25) is 0 Å². The number of nitrogens with one attached hydrogen (secondary N) is 2. The van der Waals surface area contributed by atoms with E-state index in [0.717, 1.165) is 18.2 Å². The van der Waals surface area contributed by atoms with Gasteiger partial charge in [-0.1, -0.05) is 6.07 Å². The first kappa shape index (κ1) is 21.7. The van der Waals surface area contributed by atoms with Gasteiger partial charge in [0.1, 0.15) is 0 Å². The van der Waals surface area contributed by atoms with Gasteiger partial charge in [-0.05, 0) is 25.1 Å². The van der Waals surface area contributed by atoms with Crippen LogP contribution < -0.4 is 10.0 Å². The van der Waals surface area contributed by atoms with Crippen molar-refractivity contribution in [3.05, 3.63) is 29.8 Å². The van der Waals surface area contributed by atoms with E-state index >= 15 is 0 Å². The number of benzene rings is 1. The number of amides is 1. The van der Waals surface area contributed by atoms with Crippen LogP contribution in [0.5, 0.6) is 0 Å². The highest BCUT2D eigenvalue weighted by Gasteiger charge is 2.32. The lowest BCUT2D eigenvalue weighted by Crippen LogP contribution is -2.54. The quantitative estimate of drug-likeness (QED) is 0.795. The van der Waals surface area contributed by atoms with E-state index in [1.807, 2.05) is 6.92 Å². The second-order valence-electron chi connectivity index (χ2n) is 5.49. The van der Waals surface area contributed by atoms with Gasteiger partial charge in [0.05, 0.1) is 17.0 Å². The maximum Gasteiger partial charge on any atom is 0.416 e. The summed E-state index contributed by atoms with van der Waals surface area (Å²) in [6.45, 7) is 2.99. The molecule has 142 valence electrons. The summed E-state index contributed by atoms with van der Waals surface area (Å²) in [6.07, 6.45) is -4.64. The van der Waals surface area contributed by atoms with Crippen molar-refractivity contribution in [1.29, 1.82) is 0 Å². The molecule has 11 heteroatoms. The average molecular weight is 402 g/mol. The molecule has 1 aliphatic rings. The van der Waals surface area contributed by atoms with Crippen LogP contribution in [0.25, 0.3) is 0 Å². The Labute approximate surface area is 150 Å². The Hall–Kier alpha value is -1.36. The monoisotopic (exact) mass is 401 g/mol. The summed E-state index contributed by atoms with van der Waals surface area (Å²) in [5, 5.41) is 3.10. The number of alkyl halides is 3. The molecular formula is C14H19ClF3N3O3S. The van der Waals surface area contributed by atoms with Crippen molar-refractivity contribution in [2.24, 2.45) is 0 Å². The van der Waals surface area contributed by atoms with Gasteiger partial charge in [-0.2, -0.15) is 13.2 Å². The number of carbonyl (C=O) groups excluding carboxylic acids is 1. The van der Waals surface area contributed by atoms with Crippen molar-refractivity contribution in [3.8, 4) is 0 Å². The highest BCUT2D eigenvalue weighted by Crippen LogP contribution is 2.30. The molecule has 1 atom stereocenters. The molecule has 0 aliphatic carbocycles. The minimum absolute atomic E-state index is 0. The minimum atomic E-state index is -4.64. The molecule has 0 bridgehead atoms. The first-order valence-electron chi connectivity index (χ1n) is 7.28. The molecule has 1 aliphatic heterocycles. The van der Waals surface area contributed by atoms with E-state index in [4.69, 9.17) is 0 Å². The Morgan fingerprint density at radius 1 is 1.40 bits per heavy atom. The molecule has 1 fully saturated rings. The Bertz CT molecular complexity index is 713. The third kappa shape index (κ3) is 5.56. The molecule has 0 unspecified atom stereocenters. The Morgan fingerprint density at radius 2 is 2.08 bits per heavy atom. The predicted molar refractivity (Wildman–Crippen MR) is 87.9 cm³/mol. The van der Waals surface area contributed by atoms with Gasteiger partial charge in [0, 0.05) is 25.7 Å². The molecule has 0 saturated carbocycles.